The molecule has 1 unspecified atom stereocenters. The third-order valence-electron chi connectivity index (χ3n) is 3.31. The van der Waals surface area contributed by atoms with E-state index in [1.54, 1.807) is 24.3 Å². The molecule has 0 aliphatic rings. The van der Waals surface area contributed by atoms with Crippen LogP contribution in [0.1, 0.15) is 12.5 Å². The van der Waals surface area contributed by atoms with E-state index in [0.717, 1.165) is 11.0 Å². The van der Waals surface area contributed by atoms with Crippen LogP contribution in [0.25, 0.3) is 11.0 Å². The predicted octanol–water partition coefficient (Wildman–Crippen LogP) is 3.55. The molecule has 0 radical (unpaired) electrons. The lowest BCUT2D eigenvalue weighted by Crippen LogP contribution is -2.22. The van der Waals surface area contributed by atoms with Crippen molar-refractivity contribution in [2.75, 3.05) is 5.32 Å². The molecule has 0 bridgehead atoms. The number of nitrogens with one attached hydrogen (secondary N) is 2. The van der Waals surface area contributed by atoms with E-state index in [2.05, 4.69) is 15.3 Å². The van der Waals surface area contributed by atoms with Crippen LogP contribution in [0.3, 0.4) is 0 Å². The molecular formula is C17H14N4OS. The Kier molecular flexibility index (Phi) is 4.31. The van der Waals surface area contributed by atoms with Crippen molar-refractivity contribution in [3.63, 3.8) is 0 Å². The van der Waals surface area contributed by atoms with Crippen LogP contribution in [0.4, 0.5) is 5.69 Å². The van der Waals surface area contributed by atoms with E-state index in [9.17, 15) is 4.79 Å². The van der Waals surface area contributed by atoms with E-state index in [0.29, 0.717) is 16.4 Å². The van der Waals surface area contributed by atoms with Gasteiger partial charge in [0.15, 0.2) is 5.16 Å². The van der Waals surface area contributed by atoms with Gasteiger partial charge in [-0.25, -0.2) is 4.98 Å². The lowest BCUT2D eigenvalue weighted by Gasteiger charge is -2.10. The predicted molar refractivity (Wildman–Crippen MR) is 91.2 cm³/mol. The molecule has 23 heavy (non-hydrogen) atoms. The maximum absolute atomic E-state index is 12.2. The number of aromatic amines is 1. The van der Waals surface area contributed by atoms with E-state index in [4.69, 9.17) is 5.26 Å². The number of carbonyl (C=O) groups excluding carboxylic acids is 1. The number of fused-ring (bicyclic) bond motifs is 1. The number of carbonyl (C=O) groups is 1. The maximum Gasteiger partial charge on any atom is 0.237 e. The normalized spacial score (nSPS) is 11.8. The van der Waals surface area contributed by atoms with Crippen molar-refractivity contribution >= 4 is 34.4 Å². The SMILES string of the molecule is CC(Sc1nc2ccccc2[nH]1)C(=O)Nc1ccc(C#N)cc1. The molecule has 6 heteroatoms. The largest absolute Gasteiger partial charge is 0.333 e. The molecule has 0 saturated heterocycles. The Morgan fingerprint density at radius 3 is 2.70 bits per heavy atom. The Hall–Kier alpha value is -2.78. The number of para-hydroxylation sites is 2. The summed E-state index contributed by atoms with van der Waals surface area (Å²) in [6.45, 7) is 1.83. The molecule has 1 heterocycles. The van der Waals surface area contributed by atoms with Crippen molar-refractivity contribution < 1.29 is 4.79 Å². The summed E-state index contributed by atoms with van der Waals surface area (Å²) in [5.41, 5.74) is 3.07. The number of amides is 1. The smallest absolute Gasteiger partial charge is 0.237 e. The molecule has 3 aromatic rings. The maximum atomic E-state index is 12.2. The molecular weight excluding hydrogens is 308 g/mol. The first-order valence-electron chi connectivity index (χ1n) is 7.08. The van der Waals surface area contributed by atoms with E-state index in [-0.39, 0.29) is 11.2 Å². The van der Waals surface area contributed by atoms with Gasteiger partial charge in [0.25, 0.3) is 0 Å². The first-order chi connectivity index (χ1) is 11.2. The second kappa shape index (κ2) is 6.55. The molecule has 3 rings (SSSR count). The van der Waals surface area contributed by atoms with Gasteiger partial charge in [0.2, 0.25) is 5.91 Å². The summed E-state index contributed by atoms with van der Waals surface area (Å²) in [4.78, 5) is 19.9. The molecule has 0 spiro atoms. The van der Waals surface area contributed by atoms with E-state index >= 15 is 0 Å². The van der Waals surface area contributed by atoms with Crippen LogP contribution in [0.15, 0.2) is 53.7 Å². The number of rotatable bonds is 4. The molecule has 1 amide bonds. The van der Waals surface area contributed by atoms with Crippen LogP contribution < -0.4 is 5.32 Å². The minimum atomic E-state index is -0.300. The Balaban J connectivity index is 1.65. The first kappa shape index (κ1) is 15.1. The van der Waals surface area contributed by atoms with Gasteiger partial charge in [-0.15, -0.1) is 0 Å². The van der Waals surface area contributed by atoms with E-state index in [1.165, 1.54) is 11.8 Å². The van der Waals surface area contributed by atoms with E-state index < -0.39 is 0 Å². The molecule has 5 nitrogen and oxygen atoms in total. The van der Waals surface area contributed by atoms with Crippen molar-refractivity contribution in [2.24, 2.45) is 0 Å². The summed E-state index contributed by atoms with van der Waals surface area (Å²) in [7, 11) is 0. The van der Waals surface area contributed by atoms with Gasteiger partial charge in [0.05, 0.1) is 27.9 Å². The van der Waals surface area contributed by atoms with Crippen LogP contribution in [0, 0.1) is 11.3 Å². The fourth-order valence-electron chi connectivity index (χ4n) is 2.08. The summed E-state index contributed by atoms with van der Waals surface area (Å²) in [6, 6.07) is 16.6. The van der Waals surface area contributed by atoms with Gasteiger partial charge in [0.1, 0.15) is 0 Å². The Morgan fingerprint density at radius 1 is 1.26 bits per heavy atom. The standard InChI is InChI=1S/C17H14N4OS/c1-11(16(22)19-13-8-6-12(10-18)7-9-13)23-17-20-14-4-2-3-5-15(14)21-17/h2-9,11H,1H3,(H,19,22)(H,20,21). The topological polar surface area (TPSA) is 81.6 Å². The molecule has 0 aliphatic heterocycles. The van der Waals surface area contributed by atoms with Gasteiger partial charge in [0, 0.05) is 5.69 Å². The van der Waals surface area contributed by atoms with Crippen LogP contribution in [0.2, 0.25) is 0 Å². The zero-order chi connectivity index (χ0) is 16.2. The number of hydrogen-bond acceptors (Lipinski definition) is 4. The highest BCUT2D eigenvalue weighted by molar-refractivity contribution is 8.00. The number of aromatic nitrogens is 2. The van der Waals surface area contributed by atoms with Crippen molar-refractivity contribution in [3.05, 3.63) is 54.1 Å². The summed E-state index contributed by atoms with van der Waals surface area (Å²) in [5, 5.41) is 12.0. The molecule has 1 aromatic heterocycles. The number of nitriles is 1. The minimum absolute atomic E-state index is 0.111. The van der Waals surface area contributed by atoms with Crippen LogP contribution in [0.5, 0.6) is 0 Å². The van der Waals surface area contributed by atoms with Gasteiger partial charge in [-0.1, -0.05) is 23.9 Å². The Labute approximate surface area is 137 Å². The van der Waals surface area contributed by atoms with Gasteiger partial charge in [-0.2, -0.15) is 5.26 Å². The summed E-state index contributed by atoms with van der Waals surface area (Å²) in [6.07, 6.45) is 0. The molecule has 0 aliphatic carbocycles. The molecule has 114 valence electrons. The number of hydrogen-bond donors (Lipinski definition) is 2. The average molecular weight is 322 g/mol. The third-order valence-corrected chi connectivity index (χ3v) is 4.29. The lowest BCUT2D eigenvalue weighted by molar-refractivity contribution is -0.115. The highest BCUT2D eigenvalue weighted by Crippen LogP contribution is 2.24. The average Bonchev–Trinajstić information content (AvgIpc) is 2.97. The summed E-state index contributed by atoms with van der Waals surface area (Å²) >= 11 is 1.37. The molecule has 2 aromatic carbocycles. The Bertz CT molecular complexity index is 846. The second-order valence-electron chi connectivity index (χ2n) is 5.00. The fraction of sp³-hybridized carbons (Fsp3) is 0.118. The van der Waals surface area contributed by atoms with Crippen LogP contribution in [-0.2, 0) is 4.79 Å². The van der Waals surface area contributed by atoms with E-state index in [1.807, 2.05) is 37.3 Å². The zero-order valence-corrected chi connectivity index (χ0v) is 13.2. The van der Waals surface area contributed by atoms with Gasteiger partial charge < -0.3 is 10.3 Å². The lowest BCUT2D eigenvalue weighted by atomic mass is 10.2. The Morgan fingerprint density at radius 2 is 2.00 bits per heavy atom. The molecule has 2 N–H and O–H groups in total. The number of anilines is 1. The summed E-state index contributed by atoms with van der Waals surface area (Å²) in [5.74, 6) is -0.111. The fourth-order valence-corrected chi connectivity index (χ4v) is 2.90. The van der Waals surface area contributed by atoms with Gasteiger partial charge >= 0.3 is 0 Å². The number of thioether (sulfide) groups is 1. The van der Waals surface area contributed by atoms with Crippen LogP contribution in [-0.4, -0.2) is 21.1 Å². The highest BCUT2D eigenvalue weighted by Gasteiger charge is 2.16. The van der Waals surface area contributed by atoms with Crippen LogP contribution >= 0.6 is 11.8 Å². The van der Waals surface area contributed by atoms with Gasteiger partial charge in [-0.05, 0) is 43.3 Å². The van der Waals surface area contributed by atoms with Crippen molar-refractivity contribution in [1.29, 1.82) is 5.26 Å². The van der Waals surface area contributed by atoms with Crippen molar-refractivity contribution in [3.8, 4) is 6.07 Å². The molecule has 0 saturated carbocycles. The number of benzene rings is 2. The number of imidazole rings is 1. The van der Waals surface area contributed by atoms with Crippen molar-refractivity contribution in [2.45, 2.75) is 17.3 Å². The number of H-pyrrole nitrogens is 1. The van der Waals surface area contributed by atoms with Gasteiger partial charge in [-0.3, -0.25) is 4.79 Å². The third kappa shape index (κ3) is 3.52. The first-order valence-corrected chi connectivity index (χ1v) is 7.96. The van der Waals surface area contributed by atoms with Crippen molar-refractivity contribution in [1.82, 2.24) is 9.97 Å². The quantitative estimate of drug-likeness (QED) is 0.720. The molecule has 0 fully saturated rings. The molecule has 1 atom stereocenters. The zero-order valence-electron chi connectivity index (χ0n) is 12.4. The second-order valence-corrected chi connectivity index (χ2v) is 6.33. The monoisotopic (exact) mass is 322 g/mol. The highest BCUT2D eigenvalue weighted by atomic mass is 32.2. The summed E-state index contributed by atoms with van der Waals surface area (Å²) < 4.78 is 0. The minimum Gasteiger partial charge on any atom is -0.333 e. The number of nitrogens with zero attached hydrogens (tertiary/aromatic N) is 2.